The molecule has 118 valence electrons. The maximum atomic E-state index is 12.3. The first-order chi connectivity index (χ1) is 10.1. The Morgan fingerprint density at radius 2 is 1.45 bits per heavy atom. The molecule has 3 rings (SSSR count). The Labute approximate surface area is 129 Å². The van der Waals surface area contributed by atoms with Crippen LogP contribution in [0.1, 0.15) is 33.0 Å². The second-order valence-corrected chi connectivity index (χ2v) is 5.77. The minimum atomic E-state index is -4.19. The topological polar surface area (TPSA) is 112 Å². The van der Waals surface area contributed by atoms with E-state index >= 15 is 0 Å². The van der Waals surface area contributed by atoms with Crippen molar-refractivity contribution in [3.8, 4) is 11.1 Å². The van der Waals surface area contributed by atoms with Crippen molar-refractivity contribution in [1.82, 2.24) is 0 Å². The van der Waals surface area contributed by atoms with Crippen LogP contribution in [0, 0.1) is 31.0 Å². The van der Waals surface area contributed by atoms with Gasteiger partial charge in [-0.05, 0) is 12.5 Å². The molecule has 1 aliphatic rings. The molecular formula is C15H16ClO6+. The van der Waals surface area contributed by atoms with Gasteiger partial charge in [0.2, 0.25) is 5.78 Å². The normalized spacial score (nSPS) is 13.1. The number of benzene rings is 1. The molecule has 0 radical (unpaired) electrons. The van der Waals surface area contributed by atoms with Crippen molar-refractivity contribution in [2.75, 3.05) is 0 Å². The van der Waals surface area contributed by atoms with E-state index in [1.165, 1.54) is 0 Å². The van der Waals surface area contributed by atoms with E-state index in [4.69, 9.17) is 23.1 Å². The quantitative estimate of drug-likeness (QED) is 0.527. The summed E-state index contributed by atoms with van der Waals surface area (Å²) in [5.74, 6) is 1.68. The van der Waals surface area contributed by atoms with Crippen LogP contribution in [0.3, 0.4) is 0 Å². The average molecular weight is 328 g/mol. The van der Waals surface area contributed by atoms with Crippen molar-refractivity contribution in [2.45, 2.75) is 20.8 Å². The van der Waals surface area contributed by atoms with Crippen molar-refractivity contribution >= 4 is 5.78 Å². The van der Waals surface area contributed by atoms with Gasteiger partial charge in [0.05, 0.1) is 19.4 Å². The standard InChI is InChI=1S/C15H13O2.ClH3O4/c1-8-9(2)17-10(3)14-13(8)11-6-4-5-7-12(11)15(14)16;2-1(3,4)5/h4-7H,1-3H3;2-4H/q+1;. The Morgan fingerprint density at radius 3 is 2.00 bits per heavy atom. The summed E-state index contributed by atoms with van der Waals surface area (Å²) in [5, 5.41) is 0. The number of fused-ring (bicyclic) bond motifs is 3. The third-order valence-corrected chi connectivity index (χ3v) is 3.48. The number of rotatable bonds is 0. The summed E-state index contributed by atoms with van der Waals surface area (Å²) in [7, 11) is -4.19. The van der Waals surface area contributed by atoms with Crippen molar-refractivity contribution in [3.63, 3.8) is 0 Å². The summed E-state index contributed by atoms with van der Waals surface area (Å²) in [5.41, 5.74) is 4.66. The van der Waals surface area contributed by atoms with Crippen LogP contribution in [0.15, 0.2) is 28.7 Å². The molecule has 6 nitrogen and oxygen atoms in total. The molecule has 0 spiro atoms. The molecule has 22 heavy (non-hydrogen) atoms. The first-order valence-electron chi connectivity index (χ1n) is 6.35. The van der Waals surface area contributed by atoms with Gasteiger partial charge < -0.3 is 0 Å². The van der Waals surface area contributed by atoms with Gasteiger partial charge in [0.25, 0.3) is 0 Å². The summed E-state index contributed by atoms with van der Waals surface area (Å²) in [4.78, 5) is 12.3. The van der Waals surface area contributed by atoms with Gasteiger partial charge in [-0.15, -0.1) is 0 Å². The second kappa shape index (κ2) is 5.75. The van der Waals surface area contributed by atoms with Gasteiger partial charge in [0, 0.05) is 11.1 Å². The number of ketones is 1. The summed E-state index contributed by atoms with van der Waals surface area (Å²) in [6.45, 7) is 5.80. The Balaban J connectivity index is 0.000000309. The van der Waals surface area contributed by atoms with Gasteiger partial charge in [0.1, 0.15) is 5.56 Å². The molecule has 2 aromatic rings. The number of halogens is 1. The molecule has 0 unspecified atom stereocenters. The number of aryl methyl sites for hydroxylation is 2. The zero-order valence-electron chi connectivity index (χ0n) is 12.3. The Bertz CT molecular complexity index is 742. The summed E-state index contributed by atoms with van der Waals surface area (Å²) >= 11 is 0. The zero-order valence-corrected chi connectivity index (χ0v) is 13.0. The number of carbonyl (C=O) groups is 1. The van der Waals surface area contributed by atoms with E-state index in [0.29, 0.717) is 5.76 Å². The first kappa shape index (κ1) is 16.5. The first-order valence-corrected chi connectivity index (χ1v) is 7.67. The van der Waals surface area contributed by atoms with Gasteiger partial charge in [-0.25, -0.2) is 4.42 Å². The van der Waals surface area contributed by atoms with Crippen molar-refractivity contribution < 1.29 is 38.1 Å². The predicted octanol–water partition coefficient (Wildman–Crippen LogP) is 0.837. The van der Waals surface area contributed by atoms with Gasteiger partial charge in [-0.3, -0.25) is 4.79 Å². The zero-order chi connectivity index (χ0) is 16.7. The number of hydrogen-bond acceptors (Lipinski definition) is 5. The maximum absolute atomic E-state index is 12.3. The molecular weight excluding hydrogens is 312 g/mol. The molecule has 0 bridgehead atoms. The van der Waals surface area contributed by atoms with Crippen LogP contribution in [0.5, 0.6) is 0 Å². The Kier molecular flexibility index (Phi) is 4.32. The van der Waals surface area contributed by atoms with Crippen LogP contribution in [-0.4, -0.2) is 19.8 Å². The van der Waals surface area contributed by atoms with E-state index in [9.17, 15) is 4.79 Å². The van der Waals surface area contributed by atoms with E-state index < -0.39 is 10.2 Å². The molecule has 0 atom stereocenters. The van der Waals surface area contributed by atoms with E-state index in [-0.39, 0.29) is 5.78 Å². The van der Waals surface area contributed by atoms with Crippen LogP contribution in [-0.2, 0) is 0 Å². The van der Waals surface area contributed by atoms with E-state index in [0.717, 1.165) is 33.6 Å². The Hall–Kier alpha value is -1.83. The number of carbonyl (C=O) groups excluding carboxylic acids is 1. The van der Waals surface area contributed by atoms with Crippen LogP contribution in [0.4, 0.5) is 0 Å². The van der Waals surface area contributed by atoms with Crippen molar-refractivity contribution in [1.29, 1.82) is 0 Å². The van der Waals surface area contributed by atoms with Gasteiger partial charge in [0.15, 0.2) is 0 Å². The molecule has 1 heterocycles. The fourth-order valence-corrected chi connectivity index (χ4v) is 2.54. The van der Waals surface area contributed by atoms with Crippen LogP contribution in [0.25, 0.3) is 11.1 Å². The third kappa shape index (κ3) is 3.16. The van der Waals surface area contributed by atoms with E-state index in [1.807, 2.05) is 45.0 Å². The molecule has 1 aromatic carbocycles. The molecule has 1 aliphatic carbocycles. The SMILES string of the molecule is Cc1[o+]c(C)c2c(c1C)-c1ccccc1C2=O.[O-][Cl+](O)(O)O. The molecule has 7 heteroatoms. The van der Waals surface area contributed by atoms with Crippen molar-refractivity contribution in [2.24, 2.45) is 0 Å². The van der Waals surface area contributed by atoms with Crippen LogP contribution in [0.2, 0.25) is 0 Å². The molecule has 0 saturated carbocycles. The summed E-state index contributed by atoms with van der Waals surface area (Å²) in [6, 6.07) is 7.75. The molecule has 0 amide bonds. The second-order valence-electron chi connectivity index (χ2n) is 4.90. The van der Waals surface area contributed by atoms with Crippen LogP contribution < -0.4 is 4.66 Å². The third-order valence-electron chi connectivity index (χ3n) is 3.48. The van der Waals surface area contributed by atoms with Crippen molar-refractivity contribution in [3.05, 3.63) is 52.5 Å². The fourth-order valence-electron chi connectivity index (χ4n) is 2.54. The van der Waals surface area contributed by atoms with Gasteiger partial charge >= 0.3 is 40.4 Å². The molecule has 1 aromatic heterocycles. The monoisotopic (exact) mass is 327 g/mol. The van der Waals surface area contributed by atoms with E-state index in [2.05, 4.69) is 0 Å². The number of hydrogen-bond donors (Lipinski definition) is 3. The van der Waals surface area contributed by atoms with Crippen LogP contribution >= 0.6 is 0 Å². The minimum absolute atomic E-state index is 0.0833. The molecule has 0 fully saturated rings. The Morgan fingerprint density at radius 1 is 0.955 bits per heavy atom. The molecule has 0 saturated heterocycles. The molecule has 0 aliphatic heterocycles. The van der Waals surface area contributed by atoms with Gasteiger partial charge in [-0.1, -0.05) is 24.3 Å². The van der Waals surface area contributed by atoms with Gasteiger partial charge in [-0.2, -0.15) is 0 Å². The summed E-state index contributed by atoms with van der Waals surface area (Å²) in [6.07, 6.45) is 0. The fraction of sp³-hybridized carbons (Fsp3) is 0.200. The van der Waals surface area contributed by atoms with E-state index in [1.54, 1.807) is 0 Å². The average Bonchev–Trinajstić information content (AvgIpc) is 2.69. The summed E-state index contributed by atoms with van der Waals surface area (Å²) < 4.78 is 35.9. The molecule has 3 N–H and O–H groups in total. The predicted molar refractivity (Wildman–Crippen MR) is 72.9 cm³/mol.